The summed E-state index contributed by atoms with van der Waals surface area (Å²) in [6.07, 6.45) is -5.14. The third kappa shape index (κ3) is 2.76. The molecule has 1 unspecified atom stereocenters. The molecule has 0 fully saturated rings. The van der Waals surface area contributed by atoms with Gasteiger partial charge in [0.1, 0.15) is 5.69 Å². The van der Waals surface area contributed by atoms with Crippen molar-refractivity contribution in [3.05, 3.63) is 41.2 Å². The van der Waals surface area contributed by atoms with Crippen LogP contribution < -0.4 is 0 Å². The molecule has 4 nitrogen and oxygen atoms in total. The summed E-state index contributed by atoms with van der Waals surface area (Å²) in [6, 6.07) is 4.51. The van der Waals surface area contributed by atoms with Gasteiger partial charge < -0.3 is 5.11 Å². The third-order valence-corrected chi connectivity index (χ3v) is 2.64. The lowest BCUT2D eigenvalue weighted by Gasteiger charge is -2.06. The molecule has 0 bridgehead atoms. The Labute approximate surface area is 107 Å². The van der Waals surface area contributed by atoms with Crippen molar-refractivity contribution in [3.8, 4) is 5.69 Å². The van der Waals surface area contributed by atoms with Gasteiger partial charge in [-0.1, -0.05) is 0 Å². The molecule has 2 aromatic rings. The van der Waals surface area contributed by atoms with Gasteiger partial charge in [0.25, 0.3) is 0 Å². The van der Waals surface area contributed by atoms with Crippen LogP contribution in [0.25, 0.3) is 5.69 Å². The van der Waals surface area contributed by atoms with E-state index in [4.69, 9.17) is 0 Å². The molecule has 0 saturated carbocycles. The summed E-state index contributed by atoms with van der Waals surface area (Å²) in [5.41, 5.74) is 0.619. The van der Waals surface area contributed by atoms with Gasteiger partial charge in [-0.15, -0.1) is 0 Å². The molecule has 2 rings (SSSR count). The number of alkyl halides is 3. The van der Waals surface area contributed by atoms with E-state index >= 15 is 0 Å². The molecule has 0 amide bonds. The minimum absolute atomic E-state index is 0.403. The first-order chi connectivity index (χ1) is 8.79. The van der Waals surface area contributed by atoms with Crippen molar-refractivity contribution in [1.29, 1.82) is 0 Å². The largest absolute Gasteiger partial charge is 0.416 e. The number of nitrogens with zero attached hydrogens (tertiary/aromatic N) is 3. The first-order valence-electron chi connectivity index (χ1n) is 5.58. The fourth-order valence-corrected chi connectivity index (χ4v) is 1.68. The molecule has 7 heteroatoms. The highest BCUT2D eigenvalue weighted by Crippen LogP contribution is 2.29. The number of aliphatic hydroxyl groups excluding tert-OH is 1. The lowest BCUT2D eigenvalue weighted by Crippen LogP contribution is -2.06. The maximum atomic E-state index is 12.4. The highest BCUT2D eigenvalue weighted by Gasteiger charge is 2.30. The van der Waals surface area contributed by atoms with Gasteiger partial charge >= 0.3 is 6.18 Å². The highest BCUT2D eigenvalue weighted by molar-refractivity contribution is 5.34. The summed E-state index contributed by atoms with van der Waals surface area (Å²) in [6.45, 7) is 3.23. The molecule has 0 aliphatic rings. The number of aromatic nitrogens is 3. The maximum absolute atomic E-state index is 12.4. The molecular formula is C12H12F3N3O. The quantitative estimate of drug-likeness (QED) is 0.913. The molecule has 0 spiro atoms. The van der Waals surface area contributed by atoms with Gasteiger partial charge in [-0.3, -0.25) is 0 Å². The maximum Gasteiger partial charge on any atom is 0.416 e. The number of benzene rings is 1. The van der Waals surface area contributed by atoms with E-state index in [0.717, 1.165) is 12.1 Å². The Morgan fingerprint density at radius 1 is 1.16 bits per heavy atom. The Kier molecular flexibility index (Phi) is 3.32. The van der Waals surface area contributed by atoms with E-state index in [2.05, 4.69) is 10.2 Å². The van der Waals surface area contributed by atoms with Gasteiger partial charge in [0, 0.05) is 0 Å². The Morgan fingerprint density at radius 2 is 1.74 bits per heavy atom. The fraction of sp³-hybridized carbons (Fsp3) is 0.333. The smallest absolute Gasteiger partial charge is 0.387 e. The Hall–Kier alpha value is -1.89. The topological polar surface area (TPSA) is 50.9 Å². The molecule has 1 aromatic heterocycles. The van der Waals surface area contributed by atoms with Gasteiger partial charge in [-0.25, -0.2) is 0 Å². The Bertz CT molecular complexity index is 573. The van der Waals surface area contributed by atoms with Crippen LogP contribution in [0, 0.1) is 6.92 Å². The van der Waals surface area contributed by atoms with Gasteiger partial charge in [-0.05, 0) is 38.1 Å². The fourth-order valence-electron chi connectivity index (χ4n) is 1.68. The first-order valence-corrected chi connectivity index (χ1v) is 5.58. The van der Waals surface area contributed by atoms with Crippen LogP contribution in [0.5, 0.6) is 0 Å². The van der Waals surface area contributed by atoms with Crippen LogP contribution in [0.1, 0.15) is 30.0 Å². The van der Waals surface area contributed by atoms with Crippen molar-refractivity contribution in [1.82, 2.24) is 15.0 Å². The summed E-state index contributed by atoms with van der Waals surface area (Å²) in [4.78, 5) is 1.21. The number of halogens is 3. The molecule has 19 heavy (non-hydrogen) atoms. The Balaban J connectivity index is 2.35. The molecule has 0 aliphatic heterocycles. The van der Waals surface area contributed by atoms with E-state index < -0.39 is 17.8 Å². The number of aliphatic hydroxyl groups is 1. The van der Waals surface area contributed by atoms with E-state index in [0.29, 0.717) is 17.1 Å². The average Bonchev–Trinajstić information content (AvgIpc) is 2.70. The molecule has 102 valence electrons. The molecule has 1 N–H and O–H groups in total. The van der Waals surface area contributed by atoms with Gasteiger partial charge in [0.2, 0.25) is 0 Å². The molecule has 0 radical (unpaired) electrons. The lowest BCUT2D eigenvalue weighted by atomic mass is 10.2. The third-order valence-electron chi connectivity index (χ3n) is 2.64. The number of aryl methyl sites for hydroxylation is 1. The van der Waals surface area contributed by atoms with Crippen molar-refractivity contribution >= 4 is 0 Å². The number of hydrogen-bond acceptors (Lipinski definition) is 3. The summed E-state index contributed by atoms with van der Waals surface area (Å²) in [5, 5.41) is 17.6. The van der Waals surface area contributed by atoms with Crippen LogP contribution in [0.2, 0.25) is 0 Å². The molecule has 0 aliphatic carbocycles. The predicted molar refractivity (Wildman–Crippen MR) is 61.7 cm³/mol. The minimum atomic E-state index is -4.36. The monoisotopic (exact) mass is 271 g/mol. The second-order valence-electron chi connectivity index (χ2n) is 4.18. The molecule has 1 aromatic carbocycles. The van der Waals surface area contributed by atoms with Crippen LogP contribution in [-0.4, -0.2) is 20.1 Å². The lowest BCUT2D eigenvalue weighted by molar-refractivity contribution is -0.137. The predicted octanol–water partition coefficient (Wildman–Crippen LogP) is 2.65. The van der Waals surface area contributed by atoms with Crippen LogP contribution >= 0.6 is 0 Å². The standard InChI is InChI=1S/C12H12F3N3O/c1-7-11(8(2)19)17-18(16-7)10-5-3-9(4-6-10)12(13,14)15/h3-6,8,19H,1-2H3. The summed E-state index contributed by atoms with van der Waals surface area (Å²) in [7, 11) is 0. The van der Waals surface area contributed by atoms with Crippen molar-refractivity contribution < 1.29 is 18.3 Å². The van der Waals surface area contributed by atoms with Gasteiger partial charge in [-0.2, -0.15) is 28.2 Å². The van der Waals surface area contributed by atoms with E-state index in [1.165, 1.54) is 16.9 Å². The SMILES string of the molecule is Cc1nn(-c2ccc(C(F)(F)F)cc2)nc1C(C)O. The average molecular weight is 271 g/mol. The zero-order valence-corrected chi connectivity index (χ0v) is 10.3. The normalized spacial score (nSPS) is 13.6. The van der Waals surface area contributed by atoms with Crippen LogP contribution in [0.4, 0.5) is 13.2 Å². The van der Waals surface area contributed by atoms with Crippen LogP contribution in [-0.2, 0) is 6.18 Å². The first kappa shape index (κ1) is 13.5. The second kappa shape index (κ2) is 4.65. The zero-order valence-electron chi connectivity index (χ0n) is 10.3. The van der Waals surface area contributed by atoms with E-state index in [1.54, 1.807) is 13.8 Å². The van der Waals surface area contributed by atoms with Crippen molar-refractivity contribution in [3.63, 3.8) is 0 Å². The summed E-state index contributed by atoms with van der Waals surface area (Å²) < 4.78 is 37.3. The van der Waals surface area contributed by atoms with Gasteiger partial charge in [0.05, 0.1) is 23.0 Å². The molecule has 0 saturated heterocycles. The zero-order chi connectivity index (χ0) is 14.2. The van der Waals surface area contributed by atoms with Crippen molar-refractivity contribution in [2.24, 2.45) is 0 Å². The van der Waals surface area contributed by atoms with Gasteiger partial charge in [0.15, 0.2) is 0 Å². The second-order valence-corrected chi connectivity index (χ2v) is 4.18. The Morgan fingerprint density at radius 3 is 2.16 bits per heavy atom. The molecule has 1 heterocycles. The molecular weight excluding hydrogens is 259 g/mol. The number of hydrogen-bond donors (Lipinski definition) is 1. The van der Waals surface area contributed by atoms with Crippen LogP contribution in [0.3, 0.4) is 0 Å². The van der Waals surface area contributed by atoms with E-state index in [9.17, 15) is 18.3 Å². The summed E-state index contributed by atoms with van der Waals surface area (Å²) >= 11 is 0. The minimum Gasteiger partial charge on any atom is -0.387 e. The highest BCUT2D eigenvalue weighted by atomic mass is 19.4. The van der Waals surface area contributed by atoms with E-state index in [1.807, 2.05) is 0 Å². The number of rotatable bonds is 2. The van der Waals surface area contributed by atoms with Crippen LogP contribution in [0.15, 0.2) is 24.3 Å². The van der Waals surface area contributed by atoms with E-state index in [-0.39, 0.29) is 0 Å². The summed E-state index contributed by atoms with van der Waals surface area (Å²) in [5.74, 6) is 0. The van der Waals surface area contributed by atoms with Crippen molar-refractivity contribution in [2.75, 3.05) is 0 Å². The molecule has 1 atom stereocenters. The van der Waals surface area contributed by atoms with Crippen molar-refractivity contribution in [2.45, 2.75) is 26.1 Å².